The second kappa shape index (κ2) is 5.54. The molecule has 0 fully saturated rings. The van der Waals surface area contributed by atoms with Crippen LogP contribution in [0.1, 0.15) is 22.8 Å². The van der Waals surface area contributed by atoms with Crippen LogP contribution < -0.4 is 0 Å². The number of aromatic carboxylic acids is 1. The average molecular weight is 299 g/mol. The van der Waals surface area contributed by atoms with E-state index in [1.807, 2.05) is 23.6 Å². The largest absolute Gasteiger partial charge is 0.478 e. The summed E-state index contributed by atoms with van der Waals surface area (Å²) in [6.07, 6.45) is 2.17. The first kappa shape index (κ1) is 13.6. The lowest BCUT2D eigenvalue weighted by Gasteiger charge is -2.03. The van der Waals surface area contributed by atoms with Crippen molar-refractivity contribution < 1.29 is 14.3 Å². The van der Waals surface area contributed by atoms with Crippen LogP contribution in [0.4, 0.5) is 0 Å². The van der Waals surface area contributed by atoms with E-state index in [0.29, 0.717) is 11.5 Å². The highest BCUT2D eigenvalue weighted by Gasteiger charge is 2.14. The highest BCUT2D eigenvalue weighted by Crippen LogP contribution is 2.31. The molecule has 0 aliphatic heterocycles. The maximum Gasteiger partial charge on any atom is 0.338 e. The summed E-state index contributed by atoms with van der Waals surface area (Å²) in [5.74, 6) is -0.527. The molecule has 0 radical (unpaired) electrons. The number of hydrogen-bond donors (Lipinski definition) is 1. The minimum atomic E-state index is -1.00. The molecule has 3 aromatic rings. The van der Waals surface area contributed by atoms with Crippen molar-refractivity contribution in [2.75, 3.05) is 0 Å². The molecular weight excluding hydrogens is 286 g/mol. The summed E-state index contributed by atoms with van der Waals surface area (Å²) in [7, 11) is 0. The van der Waals surface area contributed by atoms with Gasteiger partial charge in [-0.1, -0.05) is 31.2 Å². The van der Waals surface area contributed by atoms with Gasteiger partial charge in [0.25, 0.3) is 0 Å². The first-order chi connectivity index (χ1) is 10.2. The molecule has 0 aliphatic carbocycles. The van der Waals surface area contributed by atoms with E-state index < -0.39 is 5.97 Å². The molecule has 2 heterocycles. The minimum absolute atomic E-state index is 0.133. The van der Waals surface area contributed by atoms with Crippen LogP contribution in [0.5, 0.6) is 0 Å². The summed E-state index contributed by atoms with van der Waals surface area (Å²) >= 11 is 1.53. The molecule has 1 aromatic carbocycles. The molecule has 0 saturated heterocycles. The standard InChI is InChI=1S/C16H13NO3S/c1-2-10-5-3-4-6-12(10)15-17-13(9-21-15)14-7-11(8-20-14)16(18)19/h3-9H,2H2,1H3,(H,18,19). The fraction of sp³-hybridized carbons (Fsp3) is 0.125. The Morgan fingerprint density at radius 1 is 1.38 bits per heavy atom. The van der Waals surface area contributed by atoms with Crippen molar-refractivity contribution >= 4 is 17.3 Å². The number of hydrogen-bond acceptors (Lipinski definition) is 4. The van der Waals surface area contributed by atoms with Crippen LogP contribution >= 0.6 is 11.3 Å². The van der Waals surface area contributed by atoms with Crippen molar-refractivity contribution in [3.05, 3.63) is 53.1 Å². The summed E-state index contributed by atoms with van der Waals surface area (Å²) in [4.78, 5) is 15.4. The number of furan rings is 1. The van der Waals surface area contributed by atoms with E-state index in [1.54, 1.807) is 0 Å². The van der Waals surface area contributed by atoms with Crippen molar-refractivity contribution in [1.29, 1.82) is 0 Å². The number of aryl methyl sites for hydroxylation is 1. The fourth-order valence-corrected chi connectivity index (χ4v) is 3.00. The molecule has 21 heavy (non-hydrogen) atoms. The van der Waals surface area contributed by atoms with Gasteiger partial charge in [0.2, 0.25) is 0 Å². The van der Waals surface area contributed by atoms with E-state index in [-0.39, 0.29) is 5.56 Å². The normalized spacial score (nSPS) is 10.7. The van der Waals surface area contributed by atoms with Crippen LogP contribution in [0.15, 0.2) is 46.4 Å². The lowest BCUT2D eigenvalue weighted by molar-refractivity contribution is 0.0696. The predicted molar refractivity (Wildman–Crippen MR) is 81.6 cm³/mol. The number of thiazole rings is 1. The van der Waals surface area contributed by atoms with Gasteiger partial charge in [0.05, 0.1) is 5.56 Å². The number of carboxylic acid groups (broad SMARTS) is 1. The fourth-order valence-electron chi connectivity index (χ4n) is 2.13. The van der Waals surface area contributed by atoms with Crippen LogP contribution in [-0.2, 0) is 6.42 Å². The predicted octanol–water partition coefficient (Wildman–Crippen LogP) is 4.33. The van der Waals surface area contributed by atoms with Gasteiger partial charge in [-0.25, -0.2) is 9.78 Å². The van der Waals surface area contributed by atoms with E-state index in [0.717, 1.165) is 17.0 Å². The summed E-state index contributed by atoms with van der Waals surface area (Å²) in [6.45, 7) is 2.11. The molecule has 0 amide bonds. The lowest BCUT2D eigenvalue weighted by atomic mass is 10.1. The molecule has 0 atom stereocenters. The molecule has 0 aliphatic rings. The van der Waals surface area contributed by atoms with Crippen molar-refractivity contribution in [3.8, 4) is 22.0 Å². The molecule has 0 unspecified atom stereocenters. The summed E-state index contributed by atoms with van der Waals surface area (Å²) in [5.41, 5.74) is 3.15. The monoisotopic (exact) mass is 299 g/mol. The minimum Gasteiger partial charge on any atom is -0.478 e. The van der Waals surface area contributed by atoms with Gasteiger partial charge in [0.1, 0.15) is 17.0 Å². The summed E-state index contributed by atoms with van der Waals surface area (Å²) in [6, 6.07) is 9.64. The van der Waals surface area contributed by atoms with Crippen LogP contribution in [0.2, 0.25) is 0 Å². The first-order valence-corrected chi connectivity index (χ1v) is 7.43. The quantitative estimate of drug-likeness (QED) is 0.778. The molecule has 2 aromatic heterocycles. The number of rotatable bonds is 4. The third kappa shape index (κ3) is 2.60. The van der Waals surface area contributed by atoms with Gasteiger partial charge in [-0.3, -0.25) is 0 Å². The molecular formula is C16H13NO3S. The Morgan fingerprint density at radius 2 is 2.19 bits per heavy atom. The van der Waals surface area contributed by atoms with Gasteiger partial charge >= 0.3 is 5.97 Å². The number of nitrogens with zero attached hydrogens (tertiary/aromatic N) is 1. The van der Waals surface area contributed by atoms with Gasteiger partial charge in [-0.2, -0.15) is 0 Å². The highest BCUT2D eigenvalue weighted by molar-refractivity contribution is 7.13. The third-order valence-electron chi connectivity index (χ3n) is 3.23. The molecule has 4 nitrogen and oxygen atoms in total. The van der Waals surface area contributed by atoms with Crippen LogP contribution in [0, 0.1) is 0 Å². The van der Waals surface area contributed by atoms with Gasteiger partial charge in [0, 0.05) is 17.0 Å². The van der Waals surface area contributed by atoms with Crippen molar-refractivity contribution in [2.45, 2.75) is 13.3 Å². The summed E-state index contributed by atoms with van der Waals surface area (Å²) < 4.78 is 5.28. The average Bonchev–Trinajstić information content (AvgIpc) is 3.16. The van der Waals surface area contributed by atoms with Gasteiger partial charge < -0.3 is 9.52 Å². The zero-order valence-corrected chi connectivity index (χ0v) is 12.2. The zero-order chi connectivity index (χ0) is 14.8. The zero-order valence-electron chi connectivity index (χ0n) is 11.4. The number of aromatic nitrogens is 1. The lowest BCUT2D eigenvalue weighted by Crippen LogP contribution is -1.91. The number of carbonyl (C=O) groups is 1. The van der Waals surface area contributed by atoms with E-state index in [2.05, 4.69) is 18.0 Å². The third-order valence-corrected chi connectivity index (χ3v) is 4.11. The maximum absolute atomic E-state index is 10.9. The van der Waals surface area contributed by atoms with E-state index >= 15 is 0 Å². The first-order valence-electron chi connectivity index (χ1n) is 6.55. The van der Waals surface area contributed by atoms with Gasteiger partial charge in [0.15, 0.2) is 5.76 Å². The Morgan fingerprint density at radius 3 is 2.90 bits per heavy atom. The molecule has 1 N–H and O–H groups in total. The van der Waals surface area contributed by atoms with Crippen LogP contribution in [0.25, 0.3) is 22.0 Å². The van der Waals surface area contributed by atoms with Crippen molar-refractivity contribution in [3.63, 3.8) is 0 Å². The SMILES string of the molecule is CCc1ccccc1-c1nc(-c2cc(C(=O)O)co2)cs1. The number of carboxylic acids is 1. The Bertz CT molecular complexity index is 788. The molecule has 0 bridgehead atoms. The van der Waals surface area contributed by atoms with Crippen LogP contribution in [-0.4, -0.2) is 16.1 Å². The second-order valence-corrected chi connectivity index (χ2v) is 5.41. The van der Waals surface area contributed by atoms with Crippen molar-refractivity contribution in [2.24, 2.45) is 0 Å². The Hall–Kier alpha value is -2.40. The van der Waals surface area contributed by atoms with Gasteiger partial charge in [-0.15, -0.1) is 11.3 Å². The molecule has 0 saturated carbocycles. The number of benzene rings is 1. The molecule has 5 heteroatoms. The Balaban J connectivity index is 1.97. The molecule has 3 rings (SSSR count). The smallest absolute Gasteiger partial charge is 0.338 e. The second-order valence-electron chi connectivity index (χ2n) is 4.55. The van der Waals surface area contributed by atoms with E-state index in [4.69, 9.17) is 9.52 Å². The molecule has 0 spiro atoms. The van der Waals surface area contributed by atoms with E-state index in [1.165, 1.54) is 29.2 Å². The van der Waals surface area contributed by atoms with Gasteiger partial charge in [-0.05, 0) is 12.0 Å². The Labute approximate surface area is 125 Å². The van der Waals surface area contributed by atoms with Crippen molar-refractivity contribution in [1.82, 2.24) is 4.98 Å². The summed E-state index contributed by atoms with van der Waals surface area (Å²) in [5, 5.41) is 11.7. The maximum atomic E-state index is 10.9. The topological polar surface area (TPSA) is 63.3 Å². The Kier molecular flexibility index (Phi) is 3.58. The van der Waals surface area contributed by atoms with E-state index in [9.17, 15) is 4.79 Å². The van der Waals surface area contributed by atoms with Crippen LogP contribution in [0.3, 0.4) is 0 Å². The molecule has 106 valence electrons. The highest BCUT2D eigenvalue weighted by atomic mass is 32.1.